The fourth-order valence-electron chi connectivity index (χ4n) is 1.60. The first kappa shape index (κ1) is 15.1. The van der Waals surface area contributed by atoms with Crippen molar-refractivity contribution in [3.8, 4) is 0 Å². The molecular weight excluding hydrogens is 385 g/mol. The molecule has 0 aliphatic heterocycles. The highest BCUT2D eigenvalue weighted by atomic mass is 127. The van der Waals surface area contributed by atoms with Crippen LogP contribution in [0.1, 0.15) is 11.1 Å². The van der Waals surface area contributed by atoms with Crippen LogP contribution in [-0.4, -0.2) is 5.91 Å². The van der Waals surface area contributed by atoms with Crippen LogP contribution >= 0.6 is 34.2 Å². The third kappa shape index (κ3) is 4.35. The summed E-state index contributed by atoms with van der Waals surface area (Å²) in [6.45, 7) is 2.04. The molecule has 0 bridgehead atoms. The number of hydrogen-bond donors (Lipinski definition) is 1. The van der Waals surface area contributed by atoms with Gasteiger partial charge in [-0.05, 0) is 71.0 Å². The quantitative estimate of drug-likeness (QED) is 0.579. The van der Waals surface area contributed by atoms with Crippen molar-refractivity contribution in [3.63, 3.8) is 0 Å². The van der Waals surface area contributed by atoms with E-state index < -0.39 is 0 Å². The highest BCUT2D eigenvalue weighted by Gasteiger charge is 2.00. The van der Waals surface area contributed by atoms with Crippen LogP contribution in [0.2, 0.25) is 5.02 Å². The van der Waals surface area contributed by atoms with Crippen molar-refractivity contribution in [2.45, 2.75) is 6.92 Å². The van der Waals surface area contributed by atoms with Crippen LogP contribution in [0.4, 0.5) is 5.69 Å². The van der Waals surface area contributed by atoms with Crippen LogP contribution < -0.4 is 5.32 Å². The van der Waals surface area contributed by atoms with E-state index >= 15 is 0 Å². The first-order valence-electron chi connectivity index (χ1n) is 6.05. The summed E-state index contributed by atoms with van der Waals surface area (Å²) >= 11 is 8.05. The zero-order chi connectivity index (χ0) is 14.5. The van der Waals surface area contributed by atoms with Crippen LogP contribution in [0.5, 0.6) is 0 Å². The number of halogens is 2. The normalized spacial score (nSPS) is 10.8. The highest BCUT2D eigenvalue weighted by Crippen LogP contribution is 2.17. The maximum atomic E-state index is 11.8. The summed E-state index contributed by atoms with van der Waals surface area (Å²) in [4.78, 5) is 11.8. The summed E-state index contributed by atoms with van der Waals surface area (Å²) in [6, 6.07) is 13.1. The number of carbonyl (C=O) groups excluding carboxylic acids is 1. The van der Waals surface area contributed by atoms with Crippen LogP contribution in [0.3, 0.4) is 0 Å². The van der Waals surface area contributed by atoms with Crippen molar-refractivity contribution < 1.29 is 4.79 Å². The second-order valence-corrected chi connectivity index (χ2v) is 5.94. The molecule has 0 fully saturated rings. The predicted octanol–water partition coefficient (Wildman–Crippen LogP) is 4.90. The molecule has 0 saturated carbocycles. The molecule has 0 heterocycles. The number of carbonyl (C=O) groups is 1. The number of aryl methyl sites for hydroxylation is 1. The van der Waals surface area contributed by atoms with Gasteiger partial charge < -0.3 is 5.32 Å². The van der Waals surface area contributed by atoms with E-state index in [9.17, 15) is 4.79 Å². The van der Waals surface area contributed by atoms with Gasteiger partial charge in [-0.25, -0.2) is 0 Å². The SMILES string of the molecule is Cc1ccc(NC(=O)/C=C/c2ccc(Cl)cc2)cc1I. The first-order chi connectivity index (χ1) is 9.54. The van der Waals surface area contributed by atoms with E-state index in [0.717, 1.165) is 14.8 Å². The molecule has 20 heavy (non-hydrogen) atoms. The van der Waals surface area contributed by atoms with E-state index in [-0.39, 0.29) is 5.91 Å². The van der Waals surface area contributed by atoms with Gasteiger partial charge in [-0.1, -0.05) is 29.8 Å². The molecule has 1 amide bonds. The van der Waals surface area contributed by atoms with Crippen LogP contribution in [0, 0.1) is 10.5 Å². The second kappa shape index (κ2) is 6.90. The van der Waals surface area contributed by atoms with Gasteiger partial charge in [-0.2, -0.15) is 0 Å². The molecule has 0 spiro atoms. The minimum atomic E-state index is -0.153. The van der Waals surface area contributed by atoms with Gasteiger partial charge in [0.2, 0.25) is 5.91 Å². The lowest BCUT2D eigenvalue weighted by Crippen LogP contribution is -2.07. The van der Waals surface area contributed by atoms with Crippen molar-refractivity contribution in [3.05, 3.63) is 68.3 Å². The minimum absolute atomic E-state index is 0.153. The summed E-state index contributed by atoms with van der Waals surface area (Å²) in [5, 5.41) is 3.52. The third-order valence-electron chi connectivity index (χ3n) is 2.74. The van der Waals surface area contributed by atoms with Gasteiger partial charge in [0, 0.05) is 20.4 Å². The van der Waals surface area contributed by atoms with Crippen LogP contribution in [0.25, 0.3) is 6.08 Å². The van der Waals surface area contributed by atoms with E-state index in [1.165, 1.54) is 11.6 Å². The standard InChI is InChI=1S/C16H13ClINO/c1-11-2-8-14(10-15(11)18)19-16(20)9-5-12-3-6-13(17)7-4-12/h2-10H,1H3,(H,19,20)/b9-5+. The number of hydrogen-bond acceptors (Lipinski definition) is 1. The molecule has 0 atom stereocenters. The van der Waals surface area contributed by atoms with E-state index in [1.54, 1.807) is 18.2 Å². The maximum absolute atomic E-state index is 11.8. The molecule has 2 aromatic carbocycles. The molecule has 1 N–H and O–H groups in total. The van der Waals surface area contributed by atoms with Crippen molar-refractivity contribution >= 4 is 51.9 Å². The summed E-state index contributed by atoms with van der Waals surface area (Å²) < 4.78 is 1.13. The second-order valence-electron chi connectivity index (χ2n) is 4.34. The Balaban J connectivity index is 2.01. The van der Waals surface area contributed by atoms with Gasteiger partial charge in [0.15, 0.2) is 0 Å². The van der Waals surface area contributed by atoms with E-state index in [2.05, 4.69) is 27.9 Å². The average molecular weight is 398 g/mol. The van der Waals surface area contributed by atoms with Crippen LogP contribution in [-0.2, 0) is 4.79 Å². The summed E-state index contributed by atoms with van der Waals surface area (Å²) in [5.74, 6) is -0.153. The van der Waals surface area contributed by atoms with E-state index in [0.29, 0.717) is 5.02 Å². The van der Waals surface area contributed by atoms with Crippen molar-refractivity contribution in [2.75, 3.05) is 5.32 Å². The third-order valence-corrected chi connectivity index (χ3v) is 4.15. The molecule has 0 aliphatic carbocycles. The fourth-order valence-corrected chi connectivity index (χ4v) is 2.24. The molecule has 0 aliphatic rings. The van der Waals surface area contributed by atoms with E-state index in [4.69, 9.17) is 11.6 Å². The average Bonchev–Trinajstić information content (AvgIpc) is 2.42. The summed E-state index contributed by atoms with van der Waals surface area (Å²) in [5.41, 5.74) is 2.93. The molecule has 0 saturated heterocycles. The molecule has 102 valence electrons. The Hall–Kier alpha value is -1.33. The van der Waals surface area contributed by atoms with Crippen molar-refractivity contribution in [2.24, 2.45) is 0 Å². The topological polar surface area (TPSA) is 29.1 Å². The van der Waals surface area contributed by atoms with Crippen LogP contribution in [0.15, 0.2) is 48.5 Å². The van der Waals surface area contributed by atoms with Crippen molar-refractivity contribution in [1.82, 2.24) is 0 Å². The van der Waals surface area contributed by atoms with Gasteiger partial charge >= 0.3 is 0 Å². The lowest BCUT2D eigenvalue weighted by Gasteiger charge is -2.04. The number of anilines is 1. The highest BCUT2D eigenvalue weighted by molar-refractivity contribution is 14.1. The zero-order valence-electron chi connectivity index (χ0n) is 10.9. The van der Waals surface area contributed by atoms with Gasteiger partial charge in [0.1, 0.15) is 0 Å². The Morgan fingerprint density at radius 1 is 1.20 bits per heavy atom. The van der Waals surface area contributed by atoms with Gasteiger partial charge in [0.05, 0.1) is 0 Å². The Morgan fingerprint density at radius 3 is 2.55 bits per heavy atom. The Labute approximate surface area is 137 Å². The predicted molar refractivity (Wildman–Crippen MR) is 93.0 cm³/mol. The Bertz CT molecular complexity index is 650. The first-order valence-corrected chi connectivity index (χ1v) is 7.51. The Morgan fingerprint density at radius 2 is 1.90 bits per heavy atom. The largest absolute Gasteiger partial charge is 0.322 e. The van der Waals surface area contributed by atoms with Gasteiger partial charge in [-0.15, -0.1) is 0 Å². The molecule has 0 unspecified atom stereocenters. The lowest BCUT2D eigenvalue weighted by molar-refractivity contribution is -0.111. The molecular formula is C16H13ClINO. The molecule has 2 rings (SSSR count). The van der Waals surface area contributed by atoms with E-state index in [1.807, 2.05) is 37.3 Å². The number of rotatable bonds is 3. The number of benzene rings is 2. The molecule has 4 heteroatoms. The molecule has 0 radical (unpaired) electrons. The summed E-state index contributed by atoms with van der Waals surface area (Å²) in [6.07, 6.45) is 3.26. The van der Waals surface area contributed by atoms with Gasteiger partial charge in [-0.3, -0.25) is 4.79 Å². The molecule has 2 aromatic rings. The van der Waals surface area contributed by atoms with Crippen molar-refractivity contribution in [1.29, 1.82) is 0 Å². The number of amides is 1. The Kier molecular flexibility index (Phi) is 5.20. The van der Waals surface area contributed by atoms with Gasteiger partial charge in [0.25, 0.3) is 0 Å². The number of nitrogens with one attached hydrogen (secondary N) is 1. The fraction of sp³-hybridized carbons (Fsp3) is 0.0625. The monoisotopic (exact) mass is 397 g/mol. The lowest BCUT2D eigenvalue weighted by atomic mass is 10.2. The zero-order valence-corrected chi connectivity index (χ0v) is 13.8. The molecule has 0 aromatic heterocycles. The minimum Gasteiger partial charge on any atom is -0.322 e. The molecule has 2 nitrogen and oxygen atoms in total. The maximum Gasteiger partial charge on any atom is 0.248 e. The smallest absolute Gasteiger partial charge is 0.248 e. The summed E-state index contributed by atoms with van der Waals surface area (Å²) in [7, 11) is 0.